The maximum Gasteiger partial charge on any atom is 0.187 e. The highest BCUT2D eigenvalue weighted by atomic mass is 16.8. The molecule has 0 amide bonds. The topological polar surface area (TPSA) is 287 Å². The molecule has 0 aromatic rings. The summed E-state index contributed by atoms with van der Waals surface area (Å²) in [6.07, 6.45) is -12.1. The second-order valence-electron chi connectivity index (χ2n) is 20.9. The monoisotopic (exact) mass is 902 g/mol. The number of rotatable bonds is 13. The van der Waals surface area contributed by atoms with Gasteiger partial charge in [0, 0.05) is 12.3 Å². The molecule has 4 aliphatic heterocycles. The minimum Gasteiger partial charge on any atom is -0.494 e. The Morgan fingerprint density at radius 2 is 1.22 bits per heavy atom. The number of ether oxygens (including phenoxy) is 7. The molecule has 362 valence electrons. The van der Waals surface area contributed by atoms with Crippen LogP contribution in [-0.2, 0) is 33.2 Å². The molecule has 0 bridgehead atoms. The van der Waals surface area contributed by atoms with E-state index in [0.29, 0.717) is 29.6 Å². The van der Waals surface area contributed by atoms with Crippen LogP contribution in [0.1, 0.15) is 91.9 Å². The van der Waals surface area contributed by atoms with E-state index in [0.717, 1.165) is 70.0 Å². The van der Waals surface area contributed by atoms with Crippen molar-refractivity contribution in [2.75, 3.05) is 26.4 Å². The largest absolute Gasteiger partial charge is 0.494 e. The van der Waals surface area contributed by atoms with Gasteiger partial charge >= 0.3 is 0 Å². The Morgan fingerprint density at radius 3 is 1.87 bits per heavy atom. The molecule has 3 saturated heterocycles. The van der Waals surface area contributed by atoms with Crippen LogP contribution in [0, 0.1) is 46.3 Å². The highest BCUT2D eigenvalue weighted by Gasteiger charge is 2.65. The van der Waals surface area contributed by atoms with E-state index in [4.69, 9.17) is 33.2 Å². The van der Waals surface area contributed by atoms with E-state index in [1.54, 1.807) is 0 Å². The fourth-order valence-electron chi connectivity index (χ4n) is 13.7. The molecule has 7 fully saturated rings. The van der Waals surface area contributed by atoms with Crippen molar-refractivity contribution in [2.24, 2.45) is 46.3 Å². The zero-order valence-electron chi connectivity index (χ0n) is 37.0. The molecular weight excluding hydrogens is 828 g/mol. The van der Waals surface area contributed by atoms with Crippen LogP contribution in [0.25, 0.3) is 0 Å². The van der Waals surface area contributed by atoms with Crippen LogP contribution >= 0.6 is 0 Å². The number of aliphatic hydroxyl groups is 11. The Balaban J connectivity index is 0.872. The van der Waals surface area contributed by atoms with Gasteiger partial charge in [-0.3, -0.25) is 0 Å². The Bertz CT molecular complexity index is 1580. The summed E-state index contributed by atoms with van der Waals surface area (Å²) in [4.78, 5) is 0. The summed E-state index contributed by atoms with van der Waals surface area (Å²) in [5, 5.41) is 113. The predicted octanol–water partition coefficient (Wildman–Crippen LogP) is -0.830. The number of fused-ring (bicyclic) bond motifs is 7. The minimum absolute atomic E-state index is 0.0928. The second-order valence-corrected chi connectivity index (χ2v) is 20.9. The zero-order chi connectivity index (χ0) is 45.3. The predicted molar refractivity (Wildman–Crippen MR) is 218 cm³/mol. The second kappa shape index (κ2) is 19.1. The molecule has 0 aromatic carbocycles. The molecule has 18 heteroatoms. The van der Waals surface area contributed by atoms with E-state index >= 15 is 0 Å². The molecule has 4 aliphatic carbocycles. The maximum absolute atomic E-state index is 11.2. The van der Waals surface area contributed by atoms with Crippen molar-refractivity contribution in [3.8, 4) is 0 Å². The lowest BCUT2D eigenvalue weighted by Gasteiger charge is -2.61. The Kier molecular flexibility index (Phi) is 14.6. The van der Waals surface area contributed by atoms with Crippen LogP contribution in [0.3, 0.4) is 0 Å². The van der Waals surface area contributed by atoms with Crippen LogP contribution in [0.4, 0.5) is 0 Å². The summed E-state index contributed by atoms with van der Waals surface area (Å²) in [7, 11) is 0. The first-order valence-corrected chi connectivity index (χ1v) is 23.5. The SMILES string of the molecule is CC1=C(CC[C@@H](C)CO[C@H]2O[C@H](CO)[C@@H](O)[C@@H](O)[C@H]2O)O[C@@H]2CC3[C@H]4CCC5C[C@@H](O[C@H]6O[C@H](CO)[C@@H](O)[C@@H](O)[C@H]6O[C@H]6O[C@H](CO)[C@@H](O)[C@@H](O)[C@H]6O)CC[C@@]5(C)[C@H]4CC[C@]3(C)[C@@H]12. The van der Waals surface area contributed by atoms with Crippen molar-refractivity contribution < 1.29 is 89.3 Å². The summed E-state index contributed by atoms with van der Waals surface area (Å²) in [6, 6.07) is 0. The Hall–Kier alpha value is -1.14. The van der Waals surface area contributed by atoms with E-state index in [-0.39, 0.29) is 35.6 Å². The minimum atomic E-state index is -1.74. The summed E-state index contributed by atoms with van der Waals surface area (Å²) >= 11 is 0. The van der Waals surface area contributed by atoms with Gasteiger partial charge < -0.3 is 89.3 Å². The van der Waals surface area contributed by atoms with Gasteiger partial charge in [0.2, 0.25) is 0 Å². The highest BCUT2D eigenvalue weighted by Crippen LogP contribution is 2.70. The fourth-order valence-corrected chi connectivity index (χ4v) is 13.7. The maximum atomic E-state index is 11.2. The first-order valence-electron chi connectivity index (χ1n) is 23.5. The molecule has 18 nitrogen and oxygen atoms in total. The van der Waals surface area contributed by atoms with E-state index in [1.165, 1.54) is 5.57 Å². The lowest BCUT2D eigenvalue weighted by atomic mass is 9.44. The van der Waals surface area contributed by atoms with Crippen LogP contribution < -0.4 is 0 Å². The molecule has 4 saturated carbocycles. The van der Waals surface area contributed by atoms with Crippen LogP contribution in [0.15, 0.2) is 11.3 Å². The average molecular weight is 903 g/mol. The first-order chi connectivity index (χ1) is 29.9. The van der Waals surface area contributed by atoms with Crippen LogP contribution in [-0.4, -0.2) is 187 Å². The molecule has 11 N–H and O–H groups in total. The van der Waals surface area contributed by atoms with Crippen molar-refractivity contribution in [3.05, 3.63) is 11.3 Å². The fraction of sp³-hybridized carbons (Fsp3) is 0.956. The van der Waals surface area contributed by atoms with Crippen molar-refractivity contribution in [2.45, 2.75) is 196 Å². The van der Waals surface area contributed by atoms with E-state index in [2.05, 4.69) is 27.7 Å². The number of aliphatic hydroxyl groups excluding tert-OH is 11. The Morgan fingerprint density at radius 1 is 0.635 bits per heavy atom. The molecule has 8 aliphatic rings. The number of hydrogen-bond acceptors (Lipinski definition) is 18. The van der Waals surface area contributed by atoms with Gasteiger partial charge in [0.25, 0.3) is 0 Å². The summed E-state index contributed by atoms with van der Waals surface area (Å²) in [5.41, 5.74) is 1.57. The average Bonchev–Trinajstić information content (AvgIpc) is 3.76. The normalized spacial score (nSPS) is 52.7. The summed E-state index contributed by atoms with van der Waals surface area (Å²) < 4.78 is 42.2. The molecular formula is C45H74O18. The molecule has 2 unspecified atom stereocenters. The van der Waals surface area contributed by atoms with Gasteiger partial charge in [-0.2, -0.15) is 0 Å². The van der Waals surface area contributed by atoms with Gasteiger partial charge in [-0.1, -0.05) is 20.8 Å². The Labute approximate surface area is 369 Å². The third-order valence-corrected chi connectivity index (χ3v) is 17.4. The van der Waals surface area contributed by atoms with Gasteiger partial charge in [0.05, 0.1) is 38.3 Å². The molecule has 0 radical (unpaired) electrons. The van der Waals surface area contributed by atoms with Crippen molar-refractivity contribution in [1.82, 2.24) is 0 Å². The van der Waals surface area contributed by atoms with E-state index < -0.39 is 112 Å². The van der Waals surface area contributed by atoms with Gasteiger partial charge in [-0.05, 0) is 111 Å². The number of hydrogen-bond donors (Lipinski definition) is 11. The highest BCUT2D eigenvalue weighted by molar-refractivity contribution is 5.26. The molecule has 0 aromatic heterocycles. The summed E-state index contributed by atoms with van der Waals surface area (Å²) in [5.74, 6) is 3.56. The van der Waals surface area contributed by atoms with Crippen LogP contribution in [0.2, 0.25) is 0 Å². The van der Waals surface area contributed by atoms with Crippen molar-refractivity contribution >= 4 is 0 Å². The number of allylic oxidation sites excluding steroid dienone is 1. The lowest BCUT2D eigenvalue weighted by molar-refractivity contribution is -0.373. The van der Waals surface area contributed by atoms with Crippen molar-refractivity contribution in [1.29, 1.82) is 0 Å². The van der Waals surface area contributed by atoms with Gasteiger partial charge in [0.1, 0.15) is 79.4 Å². The lowest BCUT2D eigenvalue weighted by Crippen LogP contribution is -2.65. The molecule has 63 heavy (non-hydrogen) atoms. The van der Waals surface area contributed by atoms with Crippen molar-refractivity contribution in [3.63, 3.8) is 0 Å². The molecule has 25 atom stereocenters. The smallest absolute Gasteiger partial charge is 0.187 e. The van der Waals surface area contributed by atoms with Gasteiger partial charge in [-0.25, -0.2) is 0 Å². The van der Waals surface area contributed by atoms with E-state index in [1.807, 2.05) is 0 Å². The summed E-state index contributed by atoms with van der Waals surface area (Å²) in [6.45, 7) is 7.74. The molecule has 8 rings (SSSR count). The first kappa shape index (κ1) is 48.3. The van der Waals surface area contributed by atoms with Crippen LogP contribution in [0.5, 0.6) is 0 Å². The molecule has 4 heterocycles. The van der Waals surface area contributed by atoms with Gasteiger partial charge in [0.15, 0.2) is 18.9 Å². The van der Waals surface area contributed by atoms with Gasteiger partial charge in [-0.15, -0.1) is 0 Å². The van der Waals surface area contributed by atoms with E-state index in [9.17, 15) is 56.2 Å². The quantitative estimate of drug-likeness (QED) is 0.101. The zero-order valence-corrected chi connectivity index (χ0v) is 37.0. The standard InChI is InChI=1S/C45H74O18/c1-19(18-57-41-38(55)35(52)32(49)28(15-46)60-41)5-8-26-20(2)31-27(59-26)14-25-23-7-6-21-13-22(9-11-44(21,3)24(23)10-12-45(25,31)4)58-43-40(37(54)34(51)30(17-48)62-43)63-42-39(56)36(53)33(50)29(16-47)61-42/h19,21-25,27-43,46-56H,5-18H2,1-4H3/t19-,21?,22+,23+,24+,25?,27-,28-,29-,30-,31+,32-,33-,34-,35-,36-,37-,38-,39-,40-,41+,42-,43+,44-,45+/m1/s1. The third kappa shape index (κ3) is 8.68. The molecule has 0 spiro atoms. The third-order valence-electron chi connectivity index (χ3n) is 17.4.